The van der Waals surface area contributed by atoms with E-state index in [4.69, 9.17) is 4.52 Å². The van der Waals surface area contributed by atoms with Gasteiger partial charge in [-0.05, 0) is 35.7 Å². The Bertz CT molecular complexity index is 823. The van der Waals surface area contributed by atoms with Crippen LogP contribution in [0.2, 0.25) is 0 Å². The monoisotopic (exact) mass is 408 g/mol. The number of nitrogens with one attached hydrogen (secondary N) is 2. The number of benzene rings is 2. The molecular formula is C20H29N2O5P. The van der Waals surface area contributed by atoms with Crippen LogP contribution < -0.4 is 10.6 Å². The molecule has 154 valence electrons. The number of urea groups is 1. The lowest BCUT2D eigenvalue weighted by Gasteiger charge is -2.26. The number of unbranched alkanes of at least 4 members (excludes halogenated alkanes) is 3. The Kier molecular flexibility index (Phi) is 8.45. The van der Waals surface area contributed by atoms with Crippen molar-refractivity contribution in [1.82, 2.24) is 10.6 Å². The fourth-order valence-electron chi connectivity index (χ4n) is 3.10. The third kappa shape index (κ3) is 7.24. The molecule has 8 heteroatoms. The Labute approximate surface area is 165 Å². The van der Waals surface area contributed by atoms with Crippen molar-refractivity contribution in [2.75, 3.05) is 6.54 Å². The molecule has 0 aromatic heterocycles. The molecule has 7 nitrogen and oxygen atoms in total. The third-order valence-corrected chi connectivity index (χ3v) is 5.12. The number of hydrogen-bond donors (Lipinski definition) is 4. The average Bonchev–Trinajstić information content (AvgIpc) is 2.64. The average molecular weight is 408 g/mol. The quantitative estimate of drug-likeness (QED) is 0.347. The zero-order chi connectivity index (χ0) is 20.6. The smallest absolute Gasteiger partial charge is 0.338 e. The molecule has 0 aliphatic heterocycles. The zero-order valence-electron chi connectivity index (χ0n) is 16.3. The number of hydrogen-bond acceptors (Lipinski definition) is 3. The van der Waals surface area contributed by atoms with Gasteiger partial charge >= 0.3 is 13.9 Å². The van der Waals surface area contributed by atoms with Crippen molar-refractivity contribution in [3.05, 3.63) is 48.0 Å². The van der Waals surface area contributed by atoms with Crippen LogP contribution in [0.5, 0.6) is 0 Å². The van der Waals surface area contributed by atoms with E-state index in [9.17, 15) is 19.1 Å². The summed E-state index contributed by atoms with van der Waals surface area (Å²) in [6.07, 6.45) is 3.25. The van der Waals surface area contributed by atoms with Gasteiger partial charge in [0.15, 0.2) is 0 Å². The van der Waals surface area contributed by atoms with Crippen LogP contribution in [0.3, 0.4) is 0 Å². The van der Waals surface area contributed by atoms with Gasteiger partial charge in [-0.2, -0.15) is 0 Å². The van der Waals surface area contributed by atoms with E-state index in [-0.39, 0.29) is 0 Å². The molecule has 28 heavy (non-hydrogen) atoms. The van der Waals surface area contributed by atoms with Gasteiger partial charge in [0.25, 0.3) is 0 Å². The molecule has 0 aliphatic rings. The van der Waals surface area contributed by atoms with Crippen molar-refractivity contribution in [3.8, 4) is 0 Å². The first-order valence-corrected chi connectivity index (χ1v) is 11.1. The van der Waals surface area contributed by atoms with Crippen molar-refractivity contribution in [3.63, 3.8) is 0 Å². The van der Waals surface area contributed by atoms with Gasteiger partial charge in [-0.15, -0.1) is 0 Å². The summed E-state index contributed by atoms with van der Waals surface area (Å²) in [6, 6.07) is 12.3. The Morgan fingerprint density at radius 2 is 1.82 bits per heavy atom. The van der Waals surface area contributed by atoms with Crippen LogP contribution in [0.4, 0.5) is 4.79 Å². The van der Waals surface area contributed by atoms with Crippen molar-refractivity contribution in [1.29, 1.82) is 0 Å². The molecule has 0 heterocycles. The molecule has 0 bridgehead atoms. The molecule has 0 fully saturated rings. The number of phosphoric ester groups is 1. The van der Waals surface area contributed by atoms with Gasteiger partial charge in [0.2, 0.25) is 0 Å². The molecule has 4 N–H and O–H groups in total. The number of carbonyl (C=O) groups is 1. The van der Waals surface area contributed by atoms with Crippen LogP contribution in [0, 0.1) is 0 Å². The molecule has 0 spiro atoms. The highest BCUT2D eigenvalue weighted by Crippen LogP contribution is 2.40. The highest BCUT2D eigenvalue weighted by atomic mass is 31.2. The second kappa shape index (κ2) is 10.6. The number of fused-ring (bicyclic) bond motifs is 1. The summed E-state index contributed by atoms with van der Waals surface area (Å²) in [5.41, 5.74) is 0.709. The van der Waals surface area contributed by atoms with Crippen molar-refractivity contribution in [2.24, 2.45) is 0 Å². The number of amides is 2. The van der Waals surface area contributed by atoms with Gasteiger partial charge in [-0.3, -0.25) is 4.52 Å². The van der Waals surface area contributed by atoms with E-state index in [1.54, 1.807) is 0 Å². The maximum atomic E-state index is 12.3. The van der Waals surface area contributed by atoms with Gasteiger partial charge in [0.05, 0.1) is 12.1 Å². The summed E-state index contributed by atoms with van der Waals surface area (Å²) >= 11 is 0. The molecule has 0 radical (unpaired) electrons. The standard InChI is InChI=1S/C20H29N2O5P/c1-3-4-5-8-13-21-20(23)22-19(15(2)27-28(24,25)26)18-12-11-16-9-6-7-10-17(16)14-18/h6-7,9-12,14-15,19H,3-5,8,13H2,1-2H3,(H2,21,22,23)(H2,24,25,26). The summed E-state index contributed by atoms with van der Waals surface area (Å²) in [7, 11) is -4.69. The number of phosphoric acid groups is 1. The topological polar surface area (TPSA) is 108 Å². The predicted molar refractivity (Wildman–Crippen MR) is 110 cm³/mol. The lowest BCUT2D eigenvalue weighted by Crippen LogP contribution is -2.42. The number of carbonyl (C=O) groups excluding carboxylic acids is 1. The molecule has 2 atom stereocenters. The first-order valence-electron chi connectivity index (χ1n) is 9.57. The fraction of sp³-hybridized carbons (Fsp3) is 0.450. The van der Waals surface area contributed by atoms with Crippen LogP contribution in [-0.2, 0) is 9.09 Å². The van der Waals surface area contributed by atoms with E-state index in [1.807, 2.05) is 42.5 Å². The van der Waals surface area contributed by atoms with Crippen LogP contribution >= 0.6 is 7.82 Å². The lowest BCUT2D eigenvalue weighted by atomic mass is 9.99. The minimum Gasteiger partial charge on any atom is -0.338 e. The maximum Gasteiger partial charge on any atom is 0.469 e. The minimum absolute atomic E-state index is 0.393. The van der Waals surface area contributed by atoms with E-state index in [2.05, 4.69) is 17.6 Å². The Hall–Kier alpha value is -1.92. The zero-order valence-corrected chi connectivity index (χ0v) is 17.2. The lowest BCUT2D eigenvalue weighted by molar-refractivity contribution is 0.116. The van der Waals surface area contributed by atoms with E-state index in [0.717, 1.165) is 36.5 Å². The Morgan fingerprint density at radius 3 is 2.50 bits per heavy atom. The minimum atomic E-state index is -4.69. The highest BCUT2D eigenvalue weighted by molar-refractivity contribution is 7.46. The van der Waals surface area contributed by atoms with Crippen LogP contribution in [-0.4, -0.2) is 28.5 Å². The summed E-state index contributed by atoms with van der Waals surface area (Å²) in [4.78, 5) is 30.7. The van der Waals surface area contributed by atoms with Gasteiger partial charge in [-0.1, -0.05) is 62.6 Å². The molecule has 2 rings (SSSR count). The first-order chi connectivity index (χ1) is 13.3. The molecule has 0 saturated heterocycles. The largest absolute Gasteiger partial charge is 0.469 e. The molecule has 0 saturated carbocycles. The molecule has 2 aromatic rings. The van der Waals surface area contributed by atoms with E-state index >= 15 is 0 Å². The summed E-state index contributed by atoms with van der Waals surface area (Å²) in [5.74, 6) is 0. The highest BCUT2D eigenvalue weighted by Gasteiger charge is 2.28. The molecule has 0 aliphatic carbocycles. The Morgan fingerprint density at radius 1 is 1.11 bits per heavy atom. The van der Waals surface area contributed by atoms with Crippen LogP contribution in [0.1, 0.15) is 51.1 Å². The molecule has 2 unspecified atom stereocenters. The molecular weight excluding hydrogens is 379 g/mol. The van der Waals surface area contributed by atoms with Crippen molar-refractivity contribution in [2.45, 2.75) is 51.7 Å². The predicted octanol–water partition coefficient (Wildman–Crippen LogP) is 4.26. The van der Waals surface area contributed by atoms with Gasteiger partial charge < -0.3 is 20.4 Å². The van der Waals surface area contributed by atoms with E-state index < -0.39 is 26.0 Å². The second-order valence-electron chi connectivity index (χ2n) is 6.85. The van der Waals surface area contributed by atoms with Crippen LogP contribution in [0.25, 0.3) is 10.8 Å². The van der Waals surface area contributed by atoms with Crippen molar-refractivity contribution < 1.29 is 23.7 Å². The third-order valence-electron chi connectivity index (χ3n) is 4.51. The van der Waals surface area contributed by atoms with Gasteiger partial charge in [-0.25, -0.2) is 9.36 Å². The first kappa shape index (κ1) is 22.4. The molecule has 2 amide bonds. The SMILES string of the molecule is CCCCCCNC(=O)NC(c1ccc2ccccc2c1)C(C)OP(=O)(O)O. The summed E-state index contributed by atoms with van der Waals surface area (Å²) in [6.45, 7) is 4.20. The molecule has 2 aromatic carbocycles. The summed E-state index contributed by atoms with van der Waals surface area (Å²) in [5, 5.41) is 7.59. The fourth-order valence-corrected chi connectivity index (χ4v) is 3.65. The van der Waals surface area contributed by atoms with Crippen LogP contribution in [0.15, 0.2) is 42.5 Å². The van der Waals surface area contributed by atoms with E-state index in [1.165, 1.54) is 6.92 Å². The second-order valence-corrected chi connectivity index (χ2v) is 8.04. The van der Waals surface area contributed by atoms with Gasteiger partial charge in [0, 0.05) is 6.54 Å². The van der Waals surface area contributed by atoms with E-state index in [0.29, 0.717) is 12.1 Å². The summed E-state index contributed by atoms with van der Waals surface area (Å²) < 4.78 is 16.1. The normalized spacial score (nSPS) is 13.9. The van der Waals surface area contributed by atoms with Gasteiger partial charge in [0.1, 0.15) is 0 Å². The number of rotatable bonds is 10. The van der Waals surface area contributed by atoms with Crippen molar-refractivity contribution >= 4 is 24.6 Å². The Balaban J connectivity index is 2.14. The maximum absolute atomic E-state index is 12.3.